The van der Waals surface area contributed by atoms with Crippen LogP contribution in [0.25, 0.3) is 0 Å². The zero-order valence-electron chi connectivity index (χ0n) is 16.5. The molecule has 28 heavy (non-hydrogen) atoms. The molecule has 0 radical (unpaired) electrons. The molecule has 1 saturated carbocycles. The summed E-state index contributed by atoms with van der Waals surface area (Å²) in [5, 5.41) is 4.99. The number of aryl methyl sites for hydroxylation is 1. The lowest BCUT2D eigenvalue weighted by atomic mass is 9.94. The van der Waals surface area contributed by atoms with Gasteiger partial charge in [-0.15, -0.1) is 0 Å². The molecule has 2 fully saturated rings. The molecule has 1 amide bonds. The first-order valence-corrected chi connectivity index (χ1v) is 10.0. The summed E-state index contributed by atoms with van der Waals surface area (Å²) >= 11 is 6.33. The summed E-state index contributed by atoms with van der Waals surface area (Å²) in [6.07, 6.45) is 3.29. The van der Waals surface area contributed by atoms with Crippen molar-refractivity contribution < 1.29 is 14.3 Å². The van der Waals surface area contributed by atoms with Crippen molar-refractivity contribution in [3.05, 3.63) is 52.8 Å². The third-order valence-electron chi connectivity index (χ3n) is 5.46. The second-order valence-electron chi connectivity index (χ2n) is 8.18. The van der Waals surface area contributed by atoms with Gasteiger partial charge in [0, 0.05) is 19.8 Å². The number of hydrogen-bond donors (Lipinski definition) is 0. The van der Waals surface area contributed by atoms with Crippen LogP contribution >= 0.6 is 11.6 Å². The highest BCUT2D eigenvalue weighted by molar-refractivity contribution is 6.31. The van der Waals surface area contributed by atoms with E-state index >= 15 is 0 Å². The number of nitrogens with zero attached hydrogens (tertiary/aromatic N) is 3. The highest BCUT2D eigenvalue weighted by Crippen LogP contribution is 2.50. The number of halogens is 1. The monoisotopic (exact) mass is 403 g/mol. The van der Waals surface area contributed by atoms with Crippen LogP contribution in [0.2, 0.25) is 5.02 Å². The number of hydrogen-bond acceptors (Lipinski definition) is 4. The van der Waals surface area contributed by atoms with Gasteiger partial charge in [-0.25, -0.2) is 0 Å². The third kappa shape index (κ3) is 3.81. The van der Waals surface area contributed by atoms with Crippen LogP contribution in [0.15, 0.2) is 36.5 Å². The van der Waals surface area contributed by atoms with Crippen molar-refractivity contribution >= 4 is 17.5 Å². The van der Waals surface area contributed by atoms with E-state index in [1.54, 1.807) is 10.9 Å². The molecule has 6 nitrogen and oxygen atoms in total. The van der Waals surface area contributed by atoms with Gasteiger partial charge in [-0.3, -0.25) is 9.48 Å². The van der Waals surface area contributed by atoms with Crippen LogP contribution in [-0.2, 0) is 33.3 Å². The first kappa shape index (κ1) is 19.4. The Balaban J connectivity index is 1.59. The minimum Gasteiger partial charge on any atom is -0.348 e. The Morgan fingerprint density at radius 3 is 2.57 bits per heavy atom. The third-order valence-corrected chi connectivity index (χ3v) is 5.77. The van der Waals surface area contributed by atoms with Gasteiger partial charge in [-0.1, -0.05) is 41.9 Å². The maximum absolute atomic E-state index is 13.7. The number of benzene rings is 1. The summed E-state index contributed by atoms with van der Waals surface area (Å²) in [5.41, 5.74) is 1.32. The van der Waals surface area contributed by atoms with Gasteiger partial charge in [-0.05, 0) is 32.3 Å². The average molecular weight is 404 g/mol. The number of carbonyl (C=O) groups is 1. The number of aromatic nitrogens is 2. The van der Waals surface area contributed by atoms with E-state index in [1.807, 2.05) is 56.1 Å². The Kier molecular flexibility index (Phi) is 4.98. The van der Waals surface area contributed by atoms with E-state index < -0.39 is 11.2 Å². The average Bonchev–Trinajstić information content (AvgIpc) is 3.31. The maximum Gasteiger partial charge on any atom is 0.233 e. The standard InChI is InChI=1S/C21H26ClN3O3/c1-20(2)27-14-16(28-20)11-25(13-18-17(22)12-24(3)23-18)19(26)21(9-10-21)15-7-5-4-6-8-15/h4-8,12,16H,9-11,13-14H2,1-3H3. The lowest BCUT2D eigenvalue weighted by molar-refractivity contribution is -0.148. The molecule has 1 saturated heterocycles. The smallest absolute Gasteiger partial charge is 0.233 e. The van der Waals surface area contributed by atoms with E-state index in [2.05, 4.69) is 5.10 Å². The molecule has 150 valence electrons. The largest absolute Gasteiger partial charge is 0.348 e. The number of amides is 1. The van der Waals surface area contributed by atoms with Gasteiger partial charge in [-0.2, -0.15) is 5.10 Å². The lowest BCUT2D eigenvalue weighted by Gasteiger charge is -2.29. The SMILES string of the molecule is Cn1cc(Cl)c(CN(CC2COC(C)(C)O2)C(=O)C2(c3ccccc3)CC2)n1. The lowest BCUT2D eigenvalue weighted by Crippen LogP contribution is -2.44. The minimum absolute atomic E-state index is 0.105. The van der Waals surface area contributed by atoms with Gasteiger partial charge >= 0.3 is 0 Å². The fourth-order valence-electron chi connectivity index (χ4n) is 3.92. The van der Waals surface area contributed by atoms with E-state index in [1.165, 1.54) is 0 Å². The number of rotatable bonds is 6. The molecule has 0 N–H and O–H groups in total. The van der Waals surface area contributed by atoms with Gasteiger partial charge in [0.1, 0.15) is 11.8 Å². The Bertz CT molecular complexity index is 861. The van der Waals surface area contributed by atoms with Gasteiger partial charge in [0.2, 0.25) is 5.91 Å². The first-order chi connectivity index (χ1) is 13.3. The predicted molar refractivity (Wildman–Crippen MR) is 106 cm³/mol. The van der Waals surface area contributed by atoms with Crippen molar-refractivity contribution in [1.82, 2.24) is 14.7 Å². The zero-order chi connectivity index (χ0) is 19.9. The van der Waals surface area contributed by atoms with Gasteiger partial charge in [0.05, 0.1) is 23.6 Å². The predicted octanol–water partition coefficient (Wildman–Crippen LogP) is 3.29. The van der Waals surface area contributed by atoms with E-state index in [-0.39, 0.29) is 12.0 Å². The van der Waals surface area contributed by atoms with Crippen LogP contribution in [0.3, 0.4) is 0 Å². The van der Waals surface area contributed by atoms with Gasteiger partial charge < -0.3 is 14.4 Å². The molecular weight excluding hydrogens is 378 g/mol. The second-order valence-corrected chi connectivity index (χ2v) is 8.59. The Labute approximate surface area is 170 Å². The van der Waals surface area contributed by atoms with Crippen LogP contribution < -0.4 is 0 Å². The molecule has 0 spiro atoms. The van der Waals surface area contributed by atoms with Crippen molar-refractivity contribution in [3.8, 4) is 0 Å². The van der Waals surface area contributed by atoms with Gasteiger partial charge in [0.25, 0.3) is 0 Å². The molecule has 0 bridgehead atoms. The molecule has 2 aromatic rings. The van der Waals surface area contributed by atoms with E-state index in [4.69, 9.17) is 21.1 Å². The van der Waals surface area contributed by atoms with Gasteiger partial charge in [0.15, 0.2) is 5.79 Å². The fourth-order valence-corrected chi connectivity index (χ4v) is 4.16. The van der Waals surface area contributed by atoms with Crippen molar-refractivity contribution in [2.75, 3.05) is 13.2 Å². The first-order valence-electron chi connectivity index (χ1n) is 9.64. The molecule has 1 aliphatic carbocycles. The number of ether oxygens (including phenoxy) is 2. The maximum atomic E-state index is 13.7. The summed E-state index contributed by atoms with van der Waals surface area (Å²) < 4.78 is 13.3. The molecule has 2 aliphatic rings. The molecule has 4 rings (SSSR count). The summed E-state index contributed by atoms with van der Waals surface area (Å²) in [7, 11) is 1.82. The highest BCUT2D eigenvalue weighted by atomic mass is 35.5. The molecule has 7 heteroatoms. The topological polar surface area (TPSA) is 56.6 Å². The highest BCUT2D eigenvalue weighted by Gasteiger charge is 2.53. The fraction of sp³-hybridized carbons (Fsp3) is 0.524. The van der Waals surface area contributed by atoms with Crippen LogP contribution in [0, 0.1) is 0 Å². The summed E-state index contributed by atoms with van der Waals surface area (Å²) in [4.78, 5) is 15.5. The normalized spacial score (nSPS) is 22.2. The summed E-state index contributed by atoms with van der Waals surface area (Å²) in [6.45, 7) is 5.05. The molecule has 1 aromatic carbocycles. The summed E-state index contributed by atoms with van der Waals surface area (Å²) in [5.74, 6) is -0.521. The van der Waals surface area contributed by atoms with Crippen molar-refractivity contribution in [2.24, 2.45) is 7.05 Å². The molecule has 1 atom stereocenters. The van der Waals surface area contributed by atoms with Crippen molar-refractivity contribution in [3.63, 3.8) is 0 Å². The van der Waals surface area contributed by atoms with Crippen molar-refractivity contribution in [1.29, 1.82) is 0 Å². The van der Waals surface area contributed by atoms with Crippen LogP contribution in [0.1, 0.15) is 37.9 Å². The molecule has 1 aliphatic heterocycles. The molecular formula is C21H26ClN3O3. The Morgan fingerprint density at radius 1 is 1.32 bits per heavy atom. The molecule has 1 aromatic heterocycles. The zero-order valence-corrected chi connectivity index (χ0v) is 17.3. The Hall–Kier alpha value is -1.89. The minimum atomic E-state index is -0.626. The van der Waals surface area contributed by atoms with E-state index in [9.17, 15) is 4.79 Å². The number of carbonyl (C=O) groups excluding carboxylic acids is 1. The molecule has 1 unspecified atom stereocenters. The second kappa shape index (κ2) is 7.17. The van der Waals surface area contributed by atoms with E-state index in [0.717, 1.165) is 18.4 Å². The van der Waals surface area contributed by atoms with Crippen LogP contribution in [0.5, 0.6) is 0 Å². The quantitative estimate of drug-likeness (QED) is 0.742. The van der Waals surface area contributed by atoms with Crippen LogP contribution in [-0.4, -0.2) is 45.6 Å². The van der Waals surface area contributed by atoms with E-state index in [0.29, 0.717) is 30.4 Å². The molecule has 2 heterocycles. The van der Waals surface area contributed by atoms with Crippen molar-refractivity contribution in [2.45, 2.75) is 50.5 Å². The summed E-state index contributed by atoms with van der Waals surface area (Å²) in [6, 6.07) is 10.0. The Morgan fingerprint density at radius 2 is 2.04 bits per heavy atom. The van der Waals surface area contributed by atoms with Crippen LogP contribution in [0.4, 0.5) is 0 Å².